The van der Waals surface area contributed by atoms with E-state index in [-0.39, 0.29) is 17.8 Å². The quantitative estimate of drug-likeness (QED) is 0.170. The third kappa shape index (κ3) is 9.75. The number of nitrogens with two attached hydrogens (primary N) is 2. The van der Waals surface area contributed by atoms with Gasteiger partial charge in [-0.1, -0.05) is 58.6 Å². The molecule has 0 aromatic heterocycles. The van der Waals surface area contributed by atoms with Gasteiger partial charge in [0.05, 0.1) is 16.4 Å². The number of carbonyl (C=O) groups excluding carboxylic acids is 1. The summed E-state index contributed by atoms with van der Waals surface area (Å²) in [5.41, 5.74) is 17.7. The predicted octanol–water partition coefficient (Wildman–Crippen LogP) is 3.56. The maximum Gasteiger partial charge on any atom is 0.264 e. The first-order chi connectivity index (χ1) is 16.7. The topological polar surface area (TPSA) is 141 Å². The average molecular weight is 543 g/mol. The molecule has 12 heteroatoms. The Morgan fingerprint density at radius 2 is 1.69 bits per heavy atom. The molecule has 8 N–H and O–H groups in total. The lowest BCUT2D eigenvalue weighted by Gasteiger charge is -2.19. The number of benzene rings is 2. The summed E-state index contributed by atoms with van der Waals surface area (Å²) in [6, 6.07) is 11.5. The summed E-state index contributed by atoms with van der Waals surface area (Å²) in [5.74, 6) is -0.848. The molecule has 0 bridgehead atoms. The first-order valence-electron chi connectivity index (χ1n) is 10.9. The molecule has 0 radical (unpaired) electrons. The Bertz CT molecular complexity index is 1030. The van der Waals surface area contributed by atoms with E-state index in [4.69, 9.17) is 46.3 Å². The zero-order valence-electron chi connectivity index (χ0n) is 19.3. The molecule has 1 heterocycles. The molecule has 1 amide bonds. The summed E-state index contributed by atoms with van der Waals surface area (Å²) in [7, 11) is 1.48. The number of nitrogens with zero attached hydrogens (tertiary/aromatic N) is 2. The summed E-state index contributed by atoms with van der Waals surface area (Å²) >= 11 is 18.2. The molecule has 1 aliphatic rings. The van der Waals surface area contributed by atoms with Crippen LogP contribution in [-0.4, -0.2) is 48.8 Å². The van der Waals surface area contributed by atoms with Gasteiger partial charge in [-0.3, -0.25) is 10.0 Å². The molecule has 2 aromatic rings. The number of hydrogen-bond donors (Lipinski definition) is 6. The van der Waals surface area contributed by atoms with Gasteiger partial charge < -0.3 is 16.8 Å². The summed E-state index contributed by atoms with van der Waals surface area (Å²) in [6.45, 7) is 2.42. The van der Waals surface area contributed by atoms with Crippen molar-refractivity contribution in [3.05, 3.63) is 74.4 Å². The van der Waals surface area contributed by atoms with E-state index >= 15 is 0 Å². The summed E-state index contributed by atoms with van der Waals surface area (Å²) < 4.78 is 0. The van der Waals surface area contributed by atoms with Gasteiger partial charge in [-0.15, -0.1) is 0 Å². The van der Waals surface area contributed by atoms with Gasteiger partial charge in [-0.25, -0.2) is 15.8 Å². The van der Waals surface area contributed by atoms with Crippen LogP contribution in [0.1, 0.15) is 24.8 Å². The van der Waals surface area contributed by atoms with Crippen LogP contribution in [0.2, 0.25) is 15.1 Å². The number of aliphatic imine (C=N–C) groups is 1. The van der Waals surface area contributed by atoms with Crippen molar-refractivity contribution >= 4 is 52.1 Å². The van der Waals surface area contributed by atoms with Crippen molar-refractivity contribution in [3.63, 3.8) is 0 Å². The minimum Gasteiger partial charge on any atom is -0.394 e. The fourth-order valence-electron chi connectivity index (χ4n) is 3.10. The van der Waals surface area contributed by atoms with Gasteiger partial charge in [0, 0.05) is 34.8 Å². The van der Waals surface area contributed by atoms with E-state index in [1.165, 1.54) is 45.5 Å². The molecular formula is C23H30Cl3N7O2. The molecule has 3 rings (SSSR count). The fraction of sp³-hybridized carbons (Fsp3) is 0.304. The number of primary amides is 1. The van der Waals surface area contributed by atoms with Crippen molar-refractivity contribution in [2.75, 3.05) is 26.7 Å². The standard InChI is InChI=1S/C18H19Cl3N6O2.C5H11N/c1-24-27(29)25-9-13(16(22)18(23)28)17(10-2-4-11(19)5-3-10)26-15-7-6-12(20)8-14(15)21;1-2-4-6-5-3-1/h2-8,24-25,29H,9,22H2,1H3,(H2,23,28);6H,1-5H2/b16-13-,26-17?;. The number of hydrazine groups is 2. The maximum absolute atomic E-state index is 11.8. The van der Waals surface area contributed by atoms with Gasteiger partial charge in [0.2, 0.25) is 0 Å². The molecule has 1 aliphatic heterocycles. The van der Waals surface area contributed by atoms with E-state index in [1.54, 1.807) is 36.4 Å². The highest BCUT2D eigenvalue weighted by Gasteiger charge is 2.19. The first kappa shape index (κ1) is 29.0. The highest BCUT2D eigenvalue weighted by Crippen LogP contribution is 2.30. The molecule has 9 nitrogen and oxygen atoms in total. The van der Waals surface area contributed by atoms with Gasteiger partial charge >= 0.3 is 0 Å². The molecule has 35 heavy (non-hydrogen) atoms. The largest absolute Gasteiger partial charge is 0.394 e. The number of carbonyl (C=O) groups is 1. The van der Waals surface area contributed by atoms with Crippen LogP contribution in [0.5, 0.6) is 0 Å². The molecule has 0 spiro atoms. The number of piperidine rings is 1. The summed E-state index contributed by atoms with van der Waals surface area (Å²) in [4.78, 5) is 16.4. The van der Waals surface area contributed by atoms with Crippen LogP contribution >= 0.6 is 34.8 Å². The van der Waals surface area contributed by atoms with Crippen LogP contribution in [0.4, 0.5) is 5.69 Å². The van der Waals surface area contributed by atoms with Crippen molar-refractivity contribution < 1.29 is 10.0 Å². The van der Waals surface area contributed by atoms with E-state index in [9.17, 15) is 10.0 Å². The van der Waals surface area contributed by atoms with Crippen LogP contribution < -0.4 is 27.6 Å². The highest BCUT2D eigenvalue weighted by atomic mass is 35.5. The minimum atomic E-state index is -0.848. The normalized spacial score (nSPS) is 14.7. The van der Waals surface area contributed by atoms with E-state index < -0.39 is 5.91 Å². The molecule has 0 atom stereocenters. The summed E-state index contributed by atoms with van der Waals surface area (Å²) in [6.07, 6.45) is 4.22. The lowest BCUT2D eigenvalue weighted by Crippen LogP contribution is -2.45. The Morgan fingerprint density at radius 1 is 1.06 bits per heavy atom. The molecule has 190 valence electrons. The van der Waals surface area contributed by atoms with Gasteiger partial charge in [-0.05, 0) is 56.3 Å². The molecule has 2 aromatic carbocycles. The Hall–Kier alpha value is -2.21. The lowest BCUT2D eigenvalue weighted by molar-refractivity contribution is -0.172. The first-order valence-corrected chi connectivity index (χ1v) is 12.1. The van der Waals surface area contributed by atoms with Crippen LogP contribution in [0.25, 0.3) is 0 Å². The van der Waals surface area contributed by atoms with Crippen LogP contribution in [0.15, 0.2) is 58.7 Å². The van der Waals surface area contributed by atoms with Crippen molar-refractivity contribution in [3.8, 4) is 0 Å². The van der Waals surface area contributed by atoms with E-state index in [1.807, 2.05) is 0 Å². The smallest absolute Gasteiger partial charge is 0.264 e. The van der Waals surface area contributed by atoms with E-state index in [2.05, 4.69) is 21.2 Å². The fourth-order valence-corrected chi connectivity index (χ4v) is 3.67. The van der Waals surface area contributed by atoms with Crippen molar-refractivity contribution in [2.45, 2.75) is 19.3 Å². The number of halogens is 3. The van der Waals surface area contributed by atoms with E-state index in [0.717, 1.165) is 0 Å². The monoisotopic (exact) mass is 541 g/mol. The predicted molar refractivity (Wildman–Crippen MR) is 142 cm³/mol. The van der Waals surface area contributed by atoms with E-state index in [0.29, 0.717) is 37.3 Å². The second-order valence-electron chi connectivity index (χ2n) is 7.50. The van der Waals surface area contributed by atoms with Gasteiger partial charge in [0.25, 0.3) is 5.91 Å². The van der Waals surface area contributed by atoms with Crippen molar-refractivity contribution in [2.24, 2.45) is 16.5 Å². The van der Waals surface area contributed by atoms with Crippen LogP contribution in [0, 0.1) is 0 Å². The Kier molecular flexibility index (Phi) is 12.5. The lowest BCUT2D eigenvalue weighted by atomic mass is 10.00. The summed E-state index contributed by atoms with van der Waals surface area (Å²) in [5, 5.41) is 14.8. The highest BCUT2D eigenvalue weighted by molar-refractivity contribution is 6.36. The molecular weight excluding hydrogens is 513 g/mol. The van der Waals surface area contributed by atoms with Crippen molar-refractivity contribution in [1.29, 1.82) is 0 Å². The molecule has 1 saturated heterocycles. The van der Waals surface area contributed by atoms with Gasteiger partial charge in [-0.2, -0.15) is 0 Å². The zero-order chi connectivity index (χ0) is 25.8. The zero-order valence-corrected chi connectivity index (χ0v) is 21.6. The molecule has 0 unspecified atom stereocenters. The van der Waals surface area contributed by atoms with Gasteiger partial charge in [0.15, 0.2) is 0 Å². The van der Waals surface area contributed by atoms with Gasteiger partial charge in [0.1, 0.15) is 5.70 Å². The average Bonchev–Trinajstić information content (AvgIpc) is 2.86. The number of amides is 1. The third-order valence-corrected chi connectivity index (χ3v) is 5.75. The number of hydrogen-bond acceptors (Lipinski definition) is 8. The van der Waals surface area contributed by atoms with Crippen molar-refractivity contribution in [1.82, 2.24) is 21.4 Å². The Morgan fingerprint density at radius 3 is 2.17 bits per heavy atom. The number of nitrogens with one attached hydrogen (secondary N) is 3. The van der Waals surface area contributed by atoms with Crippen LogP contribution in [0.3, 0.4) is 0 Å². The van der Waals surface area contributed by atoms with Crippen LogP contribution in [-0.2, 0) is 4.79 Å². The molecule has 0 aliphatic carbocycles. The second-order valence-corrected chi connectivity index (χ2v) is 8.78. The molecule has 1 fully saturated rings. The Balaban J connectivity index is 0.000000625. The Labute approximate surface area is 220 Å². The molecule has 0 saturated carbocycles. The maximum atomic E-state index is 11.8. The third-order valence-electron chi connectivity index (χ3n) is 4.96. The second kappa shape index (κ2) is 15.0. The number of rotatable bonds is 8. The minimum absolute atomic E-state index is 0.0845. The SMILES string of the molecule is C1CCNCC1.CNN(O)NC/C(C(=Nc1ccc(Cl)cc1Cl)c1ccc(Cl)cc1)=C(/N)C(N)=O.